The van der Waals surface area contributed by atoms with E-state index >= 15 is 0 Å². The van der Waals surface area contributed by atoms with Gasteiger partial charge in [-0.25, -0.2) is 4.79 Å². The summed E-state index contributed by atoms with van der Waals surface area (Å²) in [6.45, 7) is 0.437. The van der Waals surface area contributed by atoms with Gasteiger partial charge in [-0.3, -0.25) is 4.79 Å². The first-order valence-corrected chi connectivity index (χ1v) is 12.4. The summed E-state index contributed by atoms with van der Waals surface area (Å²) in [6.07, 6.45) is 0.112. The number of nitrogens with one attached hydrogen (secondary N) is 1. The molecule has 5 aromatic rings. The molecule has 190 valence electrons. The standard InChI is InChI=1S/C31H24ClNO5/c32-25-11-8-22(9-12-25)23-10-15-28-24(17-23)18-29(38-28)30(34)33-27(31(35)36)16-20-6-13-26(14-7-20)37-19-21-4-2-1-3-5-21/h1-15,17-18,27H,16,19H2,(H,33,34)(H,35,36)/t27-/m0/s1. The van der Waals surface area contributed by atoms with E-state index < -0.39 is 17.9 Å². The van der Waals surface area contributed by atoms with Crippen molar-refractivity contribution in [1.82, 2.24) is 5.32 Å². The molecule has 4 aromatic carbocycles. The molecule has 38 heavy (non-hydrogen) atoms. The number of hydrogen-bond donors (Lipinski definition) is 2. The lowest BCUT2D eigenvalue weighted by Crippen LogP contribution is -2.42. The third-order valence-electron chi connectivity index (χ3n) is 6.13. The molecule has 0 fully saturated rings. The number of ether oxygens (including phenoxy) is 1. The molecule has 5 rings (SSSR count). The molecule has 0 aliphatic rings. The van der Waals surface area contributed by atoms with Gasteiger partial charge in [0.2, 0.25) is 0 Å². The van der Waals surface area contributed by atoms with Crippen LogP contribution in [-0.4, -0.2) is 23.0 Å². The van der Waals surface area contributed by atoms with Crippen LogP contribution in [0.25, 0.3) is 22.1 Å². The Morgan fingerprint density at radius 3 is 2.26 bits per heavy atom. The van der Waals surface area contributed by atoms with Crippen molar-refractivity contribution < 1.29 is 23.8 Å². The highest BCUT2D eigenvalue weighted by Crippen LogP contribution is 2.28. The number of benzene rings is 4. The van der Waals surface area contributed by atoms with Crippen LogP contribution in [0.15, 0.2) is 108 Å². The van der Waals surface area contributed by atoms with Gasteiger partial charge >= 0.3 is 5.97 Å². The van der Waals surface area contributed by atoms with E-state index in [1.54, 1.807) is 36.4 Å². The molecule has 0 bridgehead atoms. The fourth-order valence-electron chi connectivity index (χ4n) is 4.10. The highest BCUT2D eigenvalue weighted by molar-refractivity contribution is 6.30. The van der Waals surface area contributed by atoms with Gasteiger partial charge in [-0.05, 0) is 64.7 Å². The van der Waals surface area contributed by atoms with Crippen molar-refractivity contribution in [2.45, 2.75) is 19.1 Å². The van der Waals surface area contributed by atoms with Crippen molar-refractivity contribution in [3.8, 4) is 16.9 Å². The van der Waals surface area contributed by atoms with Crippen LogP contribution >= 0.6 is 11.6 Å². The van der Waals surface area contributed by atoms with Gasteiger partial charge in [-0.2, -0.15) is 0 Å². The van der Waals surface area contributed by atoms with Gasteiger partial charge in [-0.1, -0.05) is 72.3 Å². The third-order valence-corrected chi connectivity index (χ3v) is 6.38. The molecule has 1 aromatic heterocycles. The average Bonchev–Trinajstić information content (AvgIpc) is 3.37. The zero-order valence-corrected chi connectivity index (χ0v) is 21.0. The van der Waals surface area contributed by atoms with Crippen molar-refractivity contribution in [3.05, 3.63) is 125 Å². The molecule has 0 saturated heterocycles. The number of hydrogen-bond acceptors (Lipinski definition) is 4. The Kier molecular flexibility index (Phi) is 7.43. The molecule has 1 heterocycles. The largest absolute Gasteiger partial charge is 0.489 e. The van der Waals surface area contributed by atoms with E-state index in [-0.39, 0.29) is 12.2 Å². The van der Waals surface area contributed by atoms with Crippen LogP contribution in [0.3, 0.4) is 0 Å². The molecule has 2 N–H and O–H groups in total. The molecule has 0 saturated carbocycles. The van der Waals surface area contributed by atoms with Gasteiger partial charge in [-0.15, -0.1) is 0 Å². The summed E-state index contributed by atoms with van der Waals surface area (Å²) in [5.74, 6) is -1.01. The first-order chi connectivity index (χ1) is 18.4. The number of carboxylic acids is 1. The van der Waals surface area contributed by atoms with Gasteiger partial charge in [0.1, 0.15) is 24.0 Å². The van der Waals surface area contributed by atoms with Gasteiger partial charge in [0.25, 0.3) is 5.91 Å². The minimum absolute atomic E-state index is 0.0455. The fourth-order valence-corrected chi connectivity index (χ4v) is 4.23. The number of carboxylic acid groups (broad SMARTS) is 1. The SMILES string of the molecule is O=C(N[C@@H](Cc1ccc(OCc2ccccc2)cc1)C(=O)O)c1cc2cc(-c3ccc(Cl)cc3)ccc2o1. The number of halogens is 1. The monoisotopic (exact) mass is 525 g/mol. The first-order valence-electron chi connectivity index (χ1n) is 12.0. The maximum atomic E-state index is 12.9. The second-order valence-electron chi connectivity index (χ2n) is 8.86. The Morgan fingerprint density at radius 2 is 1.55 bits per heavy atom. The maximum Gasteiger partial charge on any atom is 0.326 e. The van der Waals surface area contributed by atoms with Gasteiger partial charge in [0, 0.05) is 16.8 Å². The lowest BCUT2D eigenvalue weighted by atomic mass is 10.0. The molecule has 7 heteroatoms. The Morgan fingerprint density at radius 1 is 0.842 bits per heavy atom. The molecular formula is C31H24ClNO5. The first kappa shape index (κ1) is 25.1. The number of furan rings is 1. The van der Waals surface area contributed by atoms with Crippen LogP contribution in [-0.2, 0) is 17.8 Å². The normalized spacial score (nSPS) is 11.7. The smallest absolute Gasteiger partial charge is 0.326 e. The zero-order chi connectivity index (χ0) is 26.5. The van der Waals surface area contributed by atoms with Gasteiger partial charge in [0.05, 0.1) is 0 Å². The van der Waals surface area contributed by atoms with E-state index in [1.807, 2.05) is 66.7 Å². The highest BCUT2D eigenvalue weighted by atomic mass is 35.5. The van der Waals surface area contributed by atoms with Crippen LogP contribution in [0, 0.1) is 0 Å². The minimum atomic E-state index is -1.14. The van der Waals surface area contributed by atoms with Crippen LogP contribution in [0.1, 0.15) is 21.7 Å². The molecule has 6 nitrogen and oxygen atoms in total. The van der Waals surface area contributed by atoms with Crippen molar-refractivity contribution >= 4 is 34.4 Å². The van der Waals surface area contributed by atoms with Crippen molar-refractivity contribution in [2.75, 3.05) is 0 Å². The van der Waals surface area contributed by atoms with Gasteiger partial charge in [0.15, 0.2) is 5.76 Å². The summed E-state index contributed by atoms with van der Waals surface area (Å²) < 4.78 is 11.5. The summed E-state index contributed by atoms with van der Waals surface area (Å²) in [6, 6.07) is 30.5. The highest BCUT2D eigenvalue weighted by Gasteiger charge is 2.23. The third kappa shape index (κ3) is 6.05. The lowest BCUT2D eigenvalue weighted by Gasteiger charge is -2.14. The van der Waals surface area contributed by atoms with Gasteiger partial charge < -0.3 is 19.6 Å². The zero-order valence-electron chi connectivity index (χ0n) is 20.3. The summed E-state index contributed by atoms with van der Waals surface area (Å²) >= 11 is 5.98. The Balaban J connectivity index is 1.24. The molecule has 0 aliphatic heterocycles. The van der Waals surface area contributed by atoms with E-state index in [1.165, 1.54) is 0 Å². The van der Waals surface area contributed by atoms with Crippen molar-refractivity contribution in [2.24, 2.45) is 0 Å². The van der Waals surface area contributed by atoms with E-state index in [9.17, 15) is 14.7 Å². The second-order valence-corrected chi connectivity index (χ2v) is 9.29. The van der Waals surface area contributed by atoms with E-state index in [0.717, 1.165) is 27.6 Å². The summed E-state index contributed by atoms with van der Waals surface area (Å²) in [7, 11) is 0. The molecule has 1 amide bonds. The quantitative estimate of drug-likeness (QED) is 0.222. The molecule has 1 atom stereocenters. The summed E-state index contributed by atoms with van der Waals surface area (Å²) in [5, 5.41) is 13.7. The number of carbonyl (C=O) groups is 2. The van der Waals surface area contributed by atoms with E-state index in [4.69, 9.17) is 20.8 Å². The summed E-state index contributed by atoms with van der Waals surface area (Å²) in [5.41, 5.74) is 4.26. The topological polar surface area (TPSA) is 88.8 Å². The minimum Gasteiger partial charge on any atom is -0.489 e. The molecule has 0 unspecified atom stereocenters. The Bertz CT molecular complexity index is 1560. The molecule has 0 radical (unpaired) electrons. The number of carbonyl (C=O) groups excluding carboxylic acids is 1. The molecule has 0 spiro atoms. The average molecular weight is 526 g/mol. The summed E-state index contributed by atoms with van der Waals surface area (Å²) in [4.78, 5) is 24.8. The van der Waals surface area contributed by atoms with Crippen LogP contribution in [0.5, 0.6) is 5.75 Å². The lowest BCUT2D eigenvalue weighted by molar-refractivity contribution is -0.139. The maximum absolute atomic E-state index is 12.9. The van der Waals surface area contributed by atoms with Crippen LogP contribution in [0.4, 0.5) is 0 Å². The number of rotatable bonds is 9. The van der Waals surface area contributed by atoms with Crippen LogP contribution < -0.4 is 10.1 Å². The van der Waals surface area contributed by atoms with Crippen molar-refractivity contribution in [1.29, 1.82) is 0 Å². The fraction of sp³-hybridized carbons (Fsp3) is 0.0968. The second kappa shape index (κ2) is 11.2. The number of fused-ring (bicyclic) bond motifs is 1. The number of amides is 1. The number of aliphatic carboxylic acids is 1. The predicted molar refractivity (Wildman–Crippen MR) is 146 cm³/mol. The Hall–Kier alpha value is -4.55. The van der Waals surface area contributed by atoms with Crippen LogP contribution in [0.2, 0.25) is 5.02 Å². The Labute approximate surface area is 224 Å². The van der Waals surface area contributed by atoms with Crippen molar-refractivity contribution in [3.63, 3.8) is 0 Å². The van der Waals surface area contributed by atoms with E-state index in [0.29, 0.717) is 23.0 Å². The van der Waals surface area contributed by atoms with E-state index in [2.05, 4.69) is 5.32 Å². The molecular weight excluding hydrogens is 502 g/mol. The molecule has 0 aliphatic carbocycles. The predicted octanol–water partition coefficient (Wildman–Crippen LogP) is 6.76.